The van der Waals surface area contributed by atoms with E-state index in [2.05, 4.69) is 33.3 Å². The lowest BCUT2D eigenvalue weighted by atomic mass is 10.2. The lowest BCUT2D eigenvalue weighted by molar-refractivity contribution is 0.637. The summed E-state index contributed by atoms with van der Waals surface area (Å²) >= 11 is 3.05. The number of amidine groups is 1. The second kappa shape index (κ2) is 7.87. The summed E-state index contributed by atoms with van der Waals surface area (Å²) in [6.45, 7) is 1.85. The van der Waals surface area contributed by atoms with E-state index in [-0.39, 0.29) is 0 Å². The van der Waals surface area contributed by atoms with Crippen LogP contribution in [0.15, 0.2) is 41.4 Å². The van der Waals surface area contributed by atoms with Gasteiger partial charge in [-0.3, -0.25) is 0 Å². The molecule has 0 unspecified atom stereocenters. The molecule has 0 saturated carbocycles. The minimum Gasteiger partial charge on any atom is -0.357 e. The summed E-state index contributed by atoms with van der Waals surface area (Å²) in [5.41, 5.74) is 2.09. The van der Waals surface area contributed by atoms with Gasteiger partial charge >= 0.3 is 0 Å². The number of aromatic nitrogens is 1. The van der Waals surface area contributed by atoms with E-state index in [4.69, 9.17) is 0 Å². The van der Waals surface area contributed by atoms with Crippen molar-refractivity contribution in [2.45, 2.75) is 6.92 Å². The molecule has 0 amide bonds. The molecule has 0 bridgehead atoms. The van der Waals surface area contributed by atoms with E-state index >= 15 is 0 Å². The molecule has 0 radical (unpaired) electrons. The molecule has 0 aliphatic heterocycles. The molecule has 21 heavy (non-hydrogen) atoms. The Morgan fingerprint density at radius 3 is 2.76 bits per heavy atom. The largest absolute Gasteiger partial charge is 0.357 e. The van der Waals surface area contributed by atoms with Gasteiger partial charge in [-0.2, -0.15) is 4.37 Å². The van der Waals surface area contributed by atoms with Gasteiger partial charge in [0.25, 0.3) is 0 Å². The van der Waals surface area contributed by atoms with Gasteiger partial charge in [0.1, 0.15) is 5.00 Å². The van der Waals surface area contributed by atoms with E-state index in [1.807, 2.05) is 50.2 Å². The van der Waals surface area contributed by atoms with Crippen molar-refractivity contribution in [2.75, 3.05) is 19.8 Å². The fourth-order valence-electron chi connectivity index (χ4n) is 1.59. The van der Waals surface area contributed by atoms with Gasteiger partial charge in [-0.25, -0.2) is 4.99 Å². The molecular formula is C16H17N3S2. The first-order valence-electron chi connectivity index (χ1n) is 6.51. The van der Waals surface area contributed by atoms with Gasteiger partial charge in [-0.15, -0.1) is 5.92 Å². The molecule has 1 aromatic heterocycles. The smallest absolute Gasteiger partial charge is 0.165 e. The summed E-state index contributed by atoms with van der Waals surface area (Å²) in [6, 6.07) is 12.2. The van der Waals surface area contributed by atoms with Crippen LogP contribution in [0.4, 0.5) is 5.00 Å². The zero-order chi connectivity index (χ0) is 15.1. The molecule has 1 heterocycles. The van der Waals surface area contributed by atoms with E-state index in [0.29, 0.717) is 0 Å². The predicted molar refractivity (Wildman–Crippen MR) is 94.2 cm³/mol. The van der Waals surface area contributed by atoms with Gasteiger partial charge in [0, 0.05) is 25.7 Å². The Labute approximate surface area is 134 Å². The topological polar surface area (TPSA) is 28.5 Å². The Balaban J connectivity index is 2.18. The maximum atomic E-state index is 4.67. The van der Waals surface area contributed by atoms with Crippen molar-refractivity contribution < 1.29 is 0 Å². The first-order valence-corrected chi connectivity index (χ1v) is 8.27. The maximum absolute atomic E-state index is 4.67. The lowest BCUT2D eigenvalue weighted by Gasteiger charge is -2.13. The van der Waals surface area contributed by atoms with Crippen molar-refractivity contribution in [1.29, 1.82) is 0 Å². The lowest BCUT2D eigenvalue weighted by Crippen LogP contribution is -2.18. The van der Waals surface area contributed by atoms with Crippen LogP contribution in [-0.2, 0) is 0 Å². The molecule has 2 rings (SSSR count). The van der Waals surface area contributed by atoms with Crippen molar-refractivity contribution in [1.82, 2.24) is 9.27 Å². The molecule has 0 N–H and O–H groups in total. The molecule has 0 aliphatic carbocycles. The van der Waals surface area contributed by atoms with Gasteiger partial charge in [0.05, 0.1) is 11.4 Å². The van der Waals surface area contributed by atoms with Gasteiger partial charge in [-0.1, -0.05) is 48.0 Å². The average Bonchev–Trinajstić information content (AvgIpc) is 2.96. The number of hydrogen-bond acceptors (Lipinski definition) is 4. The number of benzene rings is 1. The summed E-state index contributed by atoms with van der Waals surface area (Å²) in [5.74, 6) is 6.69. The Morgan fingerprint density at radius 1 is 1.33 bits per heavy atom. The summed E-state index contributed by atoms with van der Waals surface area (Å²) in [4.78, 5) is 6.67. The molecule has 3 nitrogen and oxygen atoms in total. The Bertz CT molecular complexity index is 664. The van der Waals surface area contributed by atoms with Crippen LogP contribution in [0.5, 0.6) is 0 Å². The number of rotatable bonds is 3. The third-order valence-corrected chi connectivity index (χ3v) is 4.29. The van der Waals surface area contributed by atoms with Gasteiger partial charge in [-0.05, 0) is 18.5 Å². The number of thioether (sulfide) groups is 1. The highest BCUT2D eigenvalue weighted by Gasteiger charge is 2.07. The molecule has 108 valence electrons. The number of nitrogens with zero attached hydrogens (tertiary/aromatic N) is 3. The summed E-state index contributed by atoms with van der Waals surface area (Å²) < 4.78 is 4.47. The van der Waals surface area contributed by atoms with Crippen molar-refractivity contribution in [3.8, 4) is 23.1 Å². The van der Waals surface area contributed by atoms with E-state index in [0.717, 1.165) is 27.2 Å². The van der Waals surface area contributed by atoms with Crippen LogP contribution in [0.1, 0.15) is 6.92 Å². The van der Waals surface area contributed by atoms with Crippen molar-refractivity contribution >= 4 is 33.5 Å². The van der Waals surface area contributed by atoms with Crippen LogP contribution in [-0.4, -0.2) is 34.3 Å². The molecule has 0 fully saturated rings. The van der Waals surface area contributed by atoms with Crippen LogP contribution in [0.25, 0.3) is 11.3 Å². The van der Waals surface area contributed by atoms with Gasteiger partial charge in [0.15, 0.2) is 5.17 Å². The minimum absolute atomic E-state index is 0.748. The fourth-order valence-corrected chi connectivity index (χ4v) is 3.06. The van der Waals surface area contributed by atoms with Crippen LogP contribution in [0.3, 0.4) is 0 Å². The van der Waals surface area contributed by atoms with Crippen molar-refractivity contribution in [3.63, 3.8) is 0 Å². The molecule has 0 spiro atoms. The fraction of sp³-hybridized carbons (Fsp3) is 0.250. The SMILES string of the molecule is CC#CCS/C(=N\c1cc(-c2ccccc2)ns1)N(C)C. The zero-order valence-electron chi connectivity index (χ0n) is 12.3. The van der Waals surface area contributed by atoms with Crippen LogP contribution >= 0.6 is 23.3 Å². The summed E-state index contributed by atoms with van der Waals surface area (Å²) in [7, 11) is 3.98. The predicted octanol–water partition coefficient (Wildman–Crippen LogP) is 4.12. The summed E-state index contributed by atoms with van der Waals surface area (Å²) in [5, 5.41) is 1.86. The van der Waals surface area contributed by atoms with E-state index in [1.165, 1.54) is 11.5 Å². The standard InChI is InChI=1S/C16H17N3S2/c1-4-5-11-20-16(19(2)3)17-15-12-14(18-21-15)13-9-7-6-8-10-13/h6-10,12H,11H2,1-3H3/b17-16-. The second-order valence-electron chi connectivity index (χ2n) is 4.42. The van der Waals surface area contributed by atoms with Crippen LogP contribution < -0.4 is 0 Å². The summed E-state index contributed by atoms with van der Waals surface area (Å²) in [6.07, 6.45) is 0. The molecule has 5 heteroatoms. The third-order valence-electron chi connectivity index (χ3n) is 2.61. The first-order chi connectivity index (χ1) is 10.2. The maximum Gasteiger partial charge on any atom is 0.165 e. The molecule has 1 aromatic carbocycles. The quantitative estimate of drug-likeness (QED) is 0.485. The molecule has 0 atom stereocenters. The second-order valence-corrected chi connectivity index (χ2v) is 6.15. The molecule has 0 aliphatic rings. The third kappa shape index (κ3) is 4.62. The van der Waals surface area contributed by atoms with Crippen molar-refractivity contribution in [3.05, 3.63) is 36.4 Å². The van der Waals surface area contributed by atoms with E-state index in [1.54, 1.807) is 11.8 Å². The molecule has 0 saturated heterocycles. The number of hydrogen-bond donors (Lipinski definition) is 0. The van der Waals surface area contributed by atoms with Gasteiger partial charge in [0.2, 0.25) is 0 Å². The van der Waals surface area contributed by atoms with Gasteiger partial charge < -0.3 is 4.90 Å². The Kier molecular flexibility index (Phi) is 5.85. The average molecular weight is 315 g/mol. The highest BCUT2D eigenvalue weighted by atomic mass is 32.2. The van der Waals surface area contributed by atoms with Crippen LogP contribution in [0.2, 0.25) is 0 Å². The first kappa shape index (κ1) is 15.6. The van der Waals surface area contributed by atoms with E-state index in [9.17, 15) is 0 Å². The Hall–Kier alpha value is -1.77. The molecular weight excluding hydrogens is 298 g/mol. The number of aliphatic imine (C=N–C) groups is 1. The Morgan fingerprint density at radius 2 is 2.10 bits per heavy atom. The van der Waals surface area contributed by atoms with E-state index < -0.39 is 0 Å². The highest BCUT2D eigenvalue weighted by Crippen LogP contribution is 2.28. The monoisotopic (exact) mass is 315 g/mol. The molecule has 2 aromatic rings. The normalized spacial score (nSPS) is 10.9. The van der Waals surface area contributed by atoms with Crippen molar-refractivity contribution in [2.24, 2.45) is 4.99 Å². The minimum atomic E-state index is 0.748. The zero-order valence-corrected chi connectivity index (χ0v) is 14.0. The van der Waals surface area contributed by atoms with Crippen LogP contribution in [0, 0.1) is 11.8 Å². The highest BCUT2D eigenvalue weighted by molar-refractivity contribution is 8.14.